The van der Waals surface area contributed by atoms with E-state index in [0.29, 0.717) is 16.4 Å². The van der Waals surface area contributed by atoms with Crippen LogP contribution in [-0.2, 0) is 6.54 Å². The van der Waals surface area contributed by atoms with Crippen LogP contribution in [0.1, 0.15) is 32.0 Å². The summed E-state index contributed by atoms with van der Waals surface area (Å²) in [4.78, 5) is 23.7. The quantitative estimate of drug-likeness (QED) is 0.715. The molecule has 0 aliphatic heterocycles. The van der Waals surface area contributed by atoms with Gasteiger partial charge in [-0.3, -0.25) is 4.79 Å². The smallest absolute Gasteiger partial charge is 0.356 e. The average molecular weight is 370 g/mol. The van der Waals surface area contributed by atoms with Crippen molar-refractivity contribution in [2.24, 2.45) is 0 Å². The summed E-state index contributed by atoms with van der Waals surface area (Å²) < 4.78 is 1.43. The van der Waals surface area contributed by atoms with Gasteiger partial charge in [-0.1, -0.05) is 41.4 Å². The molecular formula is C19H16ClN3O3. The molecule has 1 heterocycles. The van der Waals surface area contributed by atoms with Crippen molar-refractivity contribution >= 4 is 29.3 Å². The number of nitrogens with zero attached hydrogens (tertiary/aromatic N) is 2. The molecule has 3 aromatic rings. The van der Waals surface area contributed by atoms with E-state index in [1.807, 2.05) is 25.1 Å². The minimum absolute atomic E-state index is 0.147. The summed E-state index contributed by atoms with van der Waals surface area (Å²) in [5, 5.41) is 16.5. The number of aromatic carboxylic acids is 1. The van der Waals surface area contributed by atoms with Crippen LogP contribution in [0.25, 0.3) is 0 Å². The molecule has 0 unspecified atom stereocenters. The lowest BCUT2D eigenvalue weighted by molar-refractivity contribution is 0.0689. The number of nitrogens with one attached hydrogen (secondary N) is 1. The lowest BCUT2D eigenvalue weighted by Gasteiger charge is -2.09. The van der Waals surface area contributed by atoms with Crippen molar-refractivity contribution in [3.05, 3.63) is 82.0 Å². The molecule has 0 saturated heterocycles. The van der Waals surface area contributed by atoms with Crippen molar-refractivity contribution in [1.82, 2.24) is 9.78 Å². The zero-order valence-electron chi connectivity index (χ0n) is 13.9. The number of rotatable bonds is 5. The van der Waals surface area contributed by atoms with Gasteiger partial charge in [0.2, 0.25) is 0 Å². The average Bonchev–Trinajstić information content (AvgIpc) is 2.98. The number of anilines is 1. The molecule has 0 aliphatic carbocycles. The molecule has 0 radical (unpaired) electrons. The van der Waals surface area contributed by atoms with E-state index < -0.39 is 5.97 Å². The zero-order chi connectivity index (χ0) is 18.7. The SMILES string of the molecule is Cc1ccc(C(=O)Nc2cc(C(=O)O)nn2Cc2cccc(Cl)c2)cc1. The highest BCUT2D eigenvalue weighted by molar-refractivity contribution is 6.30. The van der Waals surface area contributed by atoms with Crippen molar-refractivity contribution in [3.63, 3.8) is 0 Å². The third-order valence-electron chi connectivity index (χ3n) is 3.78. The van der Waals surface area contributed by atoms with Gasteiger partial charge in [0.25, 0.3) is 5.91 Å². The van der Waals surface area contributed by atoms with Crippen LogP contribution in [0, 0.1) is 6.92 Å². The van der Waals surface area contributed by atoms with Crippen LogP contribution in [0.3, 0.4) is 0 Å². The molecule has 7 heteroatoms. The number of halogens is 1. The van der Waals surface area contributed by atoms with E-state index in [1.54, 1.807) is 30.3 Å². The molecule has 132 valence electrons. The number of aromatic nitrogens is 2. The van der Waals surface area contributed by atoms with Crippen molar-refractivity contribution in [2.45, 2.75) is 13.5 Å². The number of hydrogen-bond donors (Lipinski definition) is 2. The second kappa shape index (κ2) is 7.41. The predicted molar refractivity (Wildman–Crippen MR) is 98.9 cm³/mol. The molecular weight excluding hydrogens is 354 g/mol. The molecule has 1 aromatic heterocycles. The predicted octanol–water partition coefficient (Wildman–Crippen LogP) is 3.84. The maximum absolute atomic E-state index is 12.4. The molecule has 0 spiro atoms. The van der Waals surface area contributed by atoms with Gasteiger partial charge in [-0.05, 0) is 36.8 Å². The summed E-state index contributed by atoms with van der Waals surface area (Å²) in [7, 11) is 0. The van der Waals surface area contributed by atoms with E-state index in [2.05, 4.69) is 10.4 Å². The number of hydrogen-bond acceptors (Lipinski definition) is 3. The Balaban J connectivity index is 1.88. The molecule has 0 saturated carbocycles. The van der Waals surface area contributed by atoms with E-state index in [0.717, 1.165) is 11.1 Å². The number of carboxylic acids is 1. The van der Waals surface area contributed by atoms with Gasteiger partial charge >= 0.3 is 5.97 Å². The number of carbonyl (C=O) groups is 2. The second-order valence-electron chi connectivity index (χ2n) is 5.83. The summed E-state index contributed by atoms with van der Waals surface area (Å²) in [6, 6.07) is 15.6. The van der Waals surface area contributed by atoms with E-state index in [4.69, 9.17) is 11.6 Å². The highest BCUT2D eigenvalue weighted by Gasteiger charge is 2.16. The fourth-order valence-corrected chi connectivity index (χ4v) is 2.66. The first-order valence-electron chi connectivity index (χ1n) is 7.86. The van der Waals surface area contributed by atoms with Crippen molar-refractivity contribution < 1.29 is 14.7 Å². The molecule has 0 fully saturated rings. The highest BCUT2D eigenvalue weighted by atomic mass is 35.5. The number of amides is 1. The van der Waals surface area contributed by atoms with Gasteiger partial charge in [-0.2, -0.15) is 5.10 Å². The van der Waals surface area contributed by atoms with Crippen molar-refractivity contribution in [3.8, 4) is 0 Å². The van der Waals surface area contributed by atoms with Crippen LogP contribution in [0.2, 0.25) is 5.02 Å². The fraction of sp³-hybridized carbons (Fsp3) is 0.105. The maximum atomic E-state index is 12.4. The second-order valence-corrected chi connectivity index (χ2v) is 6.26. The van der Waals surface area contributed by atoms with Gasteiger partial charge < -0.3 is 10.4 Å². The topological polar surface area (TPSA) is 84.2 Å². The molecule has 1 amide bonds. The molecule has 0 bridgehead atoms. The van der Waals surface area contributed by atoms with E-state index in [1.165, 1.54) is 10.7 Å². The summed E-state index contributed by atoms with van der Waals surface area (Å²) in [6.45, 7) is 2.21. The van der Waals surface area contributed by atoms with Crippen LogP contribution in [-0.4, -0.2) is 26.8 Å². The van der Waals surface area contributed by atoms with Crippen molar-refractivity contribution in [2.75, 3.05) is 5.32 Å². The van der Waals surface area contributed by atoms with Crippen LogP contribution in [0.15, 0.2) is 54.6 Å². The number of carbonyl (C=O) groups excluding carboxylic acids is 1. The zero-order valence-corrected chi connectivity index (χ0v) is 14.7. The first kappa shape index (κ1) is 17.7. The minimum Gasteiger partial charge on any atom is -0.476 e. The Kier molecular flexibility index (Phi) is 5.04. The van der Waals surface area contributed by atoms with Crippen LogP contribution < -0.4 is 5.32 Å². The number of carboxylic acid groups (broad SMARTS) is 1. The maximum Gasteiger partial charge on any atom is 0.356 e. The molecule has 2 N–H and O–H groups in total. The monoisotopic (exact) mass is 369 g/mol. The lowest BCUT2D eigenvalue weighted by atomic mass is 10.1. The van der Waals surface area contributed by atoms with E-state index in [-0.39, 0.29) is 18.1 Å². The van der Waals surface area contributed by atoms with E-state index in [9.17, 15) is 14.7 Å². The third-order valence-corrected chi connectivity index (χ3v) is 4.01. The first-order valence-corrected chi connectivity index (χ1v) is 8.24. The largest absolute Gasteiger partial charge is 0.476 e. The van der Waals surface area contributed by atoms with Gasteiger partial charge in [-0.15, -0.1) is 0 Å². The molecule has 6 nitrogen and oxygen atoms in total. The van der Waals surface area contributed by atoms with Crippen LogP contribution in [0.5, 0.6) is 0 Å². The molecule has 0 atom stereocenters. The Morgan fingerprint density at radius 1 is 1.15 bits per heavy atom. The standard InChI is InChI=1S/C19H16ClN3O3/c1-12-5-7-14(8-6-12)18(24)21-17-10-16(19(25)26)22-23(17)11-13-3-2-4-15(20)9-13/h2-10H,11H2,1H3,(H,21,24)(H,25,26). The normalized spacial score (nSPS) is 10.5. The van der Waals surface area contributed by atoms with Gasteiger partial charge in [0.1, 0.15) is 5.82 Å². The van der Waals surface area contributed by atoms with Crippen LogP contribution in [0.4, 0.5) is 5.82 Å². The summed E-state index contributed by atoms with van der Waals surface area (Å²) in [6.07, 6.45) is 0. The Bertz CT molecular complexity index is 964. The Morgan fingerprint density at radius 3 is 2.54 bits per heavy atom. The van der Waals surface area contributed by atoms with Gasteiger partial charge in [0, 0.05) is 16.7 Å². The molecule has 26 heavy (non-hydrogen) atoms. The van der Waals surface area contributed by atoms with E-state index >= 15 is 0 Å². The summed E-state index contributed by atoms with van der Waals surface area (Å²) in [5.74, 6) is -1.21. The van der Waals surface area contributed by atoms with Crippen LogP contribution >= 0.6 is 11.6 Å². The van der Waals surface area contributed by atoms with Gasteiger partial charge in [-0.25, -0.2) is 9.48 Å². The Labute approximate surface area is 155 Å². The Morgan fingerprint density at radius 2 is 1.88 bits per heavy atom. The van der Waals surface area contributed by atoms with Gasteiger partial charge in [0.15, 0.2) is 5.69 Å². The van der Waals surface area contributed by atoms with Gasteiger partial charge in [0.05, 0.1) is 6.54 Å². The third kappa shape index (κ3) is 4.10. The number of aryl methyl sites for hydroxylation is 1. The fourth-order valence-electron chi connectivity index (χ4n) is 2.44. The minimum atomic E-state index is -1.17. The summed E-state index contributed by atoms with van der Waals surface area (Å²) in [5.41, 5.74) is 2.21. The molecule has 0 aliphatic rings. The van der Waals surface area contributed by atoms with Crippen molar-refractivity contribution in [1.29, 1.82) is 0 Å². The highest BCUT2D eigenvalue weighted by Crippen LogP contribution is 2.17. The molecule has 2 aromatic carbocycles. The summed E-state index contributed by atoms with van der Waals surface area (Å²) >= 11 is 5.99. The first-order chi connectivity index (χ1) is 12.4. The molecule has 3 rings (SSSR count). The lowest BCUT2D eigenvalue weighted by Crippen LogP contribution is -2.16. The Hall–Kier alpha value is -3.12. The number of benzene rings is 2.